The van der Waals surface area contributed by atoms with E-state index in [1.165, 1.54) is 0 Å². The topological polar surface area (TPSA) is 63.2 Å². The summed E-state index contributed by atoms with van der Waals surface area (Å²) in [5, 5.41) is 6.07. The fourth-order valence-corrected chi connectivity index (χ4v) is 1.86. The van der Waals surface area contributed by atoms with Crippen LogP contribution in [0.25, 0.3) is 0 Å². The molecule has 1 unspecified atom stereocenters. The number of carbonyl (C=O) groups excluding carboxylic acids is 1. The lowest BCUT2D eigenvalue weighted by Gasteiger charge is -2.31. The van der Waals surface area contributed by atoms with Crippen molar-refractivity contribution in [1.82, 2.24) is 10.3 Å². The van der Waals surface area contributed by atoms with Crippen LogP contribution < -0.4 is 15.4 Å². The van der Waals surface area contributed by atoms with Crippen LogP contribution in [0.4, 0.5) is 5.69 Å². The van der Waals surface area contributed by atoms with E-state index in [-0.39, 0.29) is 11.8 Å². The van der Waals surface area contributed by atoms with Crippen LogP contribution in [-0.2, 0) is 4.79 Å². The number of rotatable bonds is 5. The number of aromatic nitrogens is 1. The van der Waals surface area contributed by atoms with Crippen molar-refractivity contribution in [2.45, 2.75) is 13.8 Å². The summed E-state index contributed by atoms with van der Waals surface area (Å²) >= 11 is 0. The number of hydrogen-bond donors (Lipinski definition) is 2. The maximum absolute atomic E-state index is 12.1. The second-order valence-corrected chi connectivity index (χ2v) is 4.49. The first kappa shape index (κ1) is 12.8. The summed E-state index contributed by atoms with van der Waals surface area (Å²) in [6, 6.07) is 3.59. The van der Waals surface area contributed by atoms with Crippen molar-refractivity contribution in [1.29, 1.82) is 0 Å². The van der Waals surface area contributed by atoms with Gasteiger partial charge in [-0.3, -0.25) is 4.79 Å². The second-order valence-electron chi connectivity index (χ2n) is 4.49. The number of ether oxygens (including phenoxy) is 1. The van der Waals surface area contributed by atoms with E-state index >= 15 is 0 Å². The van der Waals surface area contributed by atoms with Crippen LogP contribution in [0.2, 0.25) is 0 Å². The number of pyridine rings is 1. The van der Waals surface area contributed by atoms with Crippen LogP contribution in [0.3, 0.4) is 0 Å². The maximum atomic E-state index is 12.1. The molecule has 0 aliphatic carbocycles. The van der Waals surface area contributed by atoms with Gasteiger partial charge < -0.3 is 15.4 Å². The quantitative estimate of drug-likeness (QED) is 0.825. The first-order valence-corrected chi connectivity index (χ1v) is 6.31. The van der Waals surface area contributed by atoms with E-state index in [0.717, 1.165) is 13.1 Å². The molecule has 1 amide bonds. The Morgan fingerprint density at radius 2 is 2.44 bits per heavy atom. The number of carbonyl (C=O) groups is 1. The van der Waals surface area contributed by atoms with Crippen LogP contribution in [0.1, 0.15) is 13.8 Å². The first-order valence-electron chi connectivity index (χ1n) is 6.31. The zero-order chi connectivity index (χ0) is 13.0. The van der Waals surface area contributed by atoms with Crippen molar-refractivity contribution in [2.75, 3.05) is 25.0 Å². The van der Waals surface area contributed by atoms with E-state index in [9.17, 15) is 4.79 Å². The summed E-state index contributed by atoms with van der Waals surface area (Å²) in [6.45, 7) is 6.21. The van der Waals surface area contributed by atoms with E-state index in [4.69, 9.17) is 4.74 Å². The highest BCUT2D eigenvalue weighted by atomic mass is 16.5. The van der Waals surface area contributed by atoms with Crippen molar-refractivity contribution in [3.63, 3.8) is 0 Å². The normalized spacial score (nSPS) is 16.8. The summed E-state index contributed by atoms with van der Waals surface area (Å²) in [4.78, 5) is 16.2. The molecule has 1 aromatic rings. The monoisotopic (exact) mass is 249 g/mol. The van der Waals surface area contributed by atoms with Gasteiger partial charge in [0.25, 0.3) is 0 Å². The molecule has 1 aromatic heterocycles. The standard InChI is InChI=1S/C13H19N3O2/c1-3-18-13-11(5-4-6-15-13)16-12(17)9(2)10-7-14-8-10/h4-6,9-10,14H,3,7-8H2,1-2H3,(H,16,17). The lowest BCUT2D eigenvalue weighted by atomic mass is 9.88. The number of nitrogens with one attached hydrogen (secondary N) is 2. The van der Waals surface area contributed by atoms with E-state index in [1.54, 1.807) is 12.3 Å². The smallest absolute Gasteiger partial charge is 0.237 e. The molecule has 0 spiro atoms. The highest BCUT2D eigenvalue weighted by Gasteiger charge is 2.29. The van der Waals surface area contributed by atoms with Gasteiger partial charge in [0.05, 0.1) is 6.61 Å². The molecule has 5 heteroatoms. The Morgan fingerprint density at radius 3 is 3.06 bits per heavy atom. The number of hydrogen-bond acceptors (Lipinski definition) is 4. The van der Waals surface area contributed by atoms with E-state index in [2.05, 4.69) is 15.6 Å². The molecule has 1 atom stereocenters. The van der Waals surface area contributed by atoms with Gasteiger partial charge in [-0.2, -0.15) is 0 Å². The number of amides is 1. The third kappa shape index (κ3) is 2.79. The molecule has 18 heavy (non-hydrogen) atoms. The molecule has 0 aromatic carbocycles. The SMILES string of the molecule is CCOc1ncccc1NC(=O)C(C)C1CNC1. The summed E-state index contributed by atoms with van der Waals surface area (Å²) in [6.07, 6.45) is 1.65. The Balaban J connectivity index is 2.01. The van der Waals surface area contributed by atoms with Gasteiger partial charge in [-0.1, -0.05) is 6.92 Å². The molecule has 2 rings (SSSR count). The summed E-state index contributed by atoms with van der Waals surface area (Å²) < 4.78 is 5.38. The highest BCUT2D eigenvalue weighted by molar-refractivity contribution is 5.93. The van der Waals surface area contributed by atoms with Gasteiger partial charge in [-0.05, 0) is 38.1 Å². The van der Waals surface area contributed by atoms with Crippen molar-refractivity contribution in [3.05, 3.63) is 18.3 Å². The average Bonchev–Trinajstić information content (AvgIpc) is 2.29. The Hall–Kier alpha value is -1.62. The van der Waals surface area contributed by atoms with Crippen LogP contribution in [-0.4, -0.2) is 30.6 Å². The lowest BCUT2D eigenvalue weighted by Crippen LogP contribution is -2.48. The van der Waals surface area contributed by atoms with Crippen LogP contribution in [0.15, 0.2) is 18.3 Å². The third-order valence-corrected chi connectivity index (χ3v) is 3.24. The van der Waals surface area contributed by atoms with Gasteiger partial charge >= 0.3 is 0 Å². The van der Waals surface area contributed by atoms with E-state index in [0.29, 0.717) is 24.1 Å². The maximum Gasteiger partial charge on any atom is 0.237 e. The summed E-state index contributed by atoms with van der Waals surface area (Å²) in [5.74, 6) is 0.931. The Morgan fingerprint density at radius 1 is 1.67 bits per heavy atom. The third-order valence-electron chi connectivity index (χ3n) is 3.24. The largest absolute Gasteiger partial charge is 0.476 e. The predicted molar refractivity (Wildman–Crippen MR) is 69.6 cm³/mol. The van der Waals surface area contributed by atoms with Gasteiger partial charge in [-0.25, -0.2) is 4.98 Å². The molecule has 1 aliphatic rings. The average molecular weight is 249 g/mol. The fourth-order valence-electron chi connectivity index (χ4n) is 1.86. The Bertz CT molecular complexity index is 418. The van der Waals surface area contributed by atoms with Crippen molar-refractivity contribution in [3.8, 4) is 5.88 Å². The minimum Gasteiger partial charge on any atom is -0.476 e. The van der Waals surface area contributed by atoms with Gasteiger partial charge in [0.15, 0.2) is 0 Å². The zero-order valence-corrected chi connectivity index (χ0v) is 10.8. The molecule has 0 radical (unpaired) electrons. The van der Waals surface area contributed by atoms with Gasteiger partial charge in [0, 0.05) is 12.1 Å². The van der Waals surface area contributed by atoms with Crippen molar-refractivity contribution < 1.29 is 9.53 Å². The molecular formula is C13H19N3O2. The molecule has 1 aliphatic heterocycles. The lowest BCUT2D eigenvalue weighted by molar-refractivity contribution is -0.121. The zero-order valence-electron chi connectivity index (χ0n) is 10.8. The van der Waals surface area contributed by atoms with Crippen molar-refractivity contribution in [2.24, 2.45) is 11.8 Å². The van der Waals surface area contributed by atoms with Gasteiger partial charge in [-0.15, -0.1) is 0 Å². The van der Waals surface area contributed by atoms with Gasteiger partial charge in [0.1, 0.15) is 5.69 Å². The van der Waals surface area contributed by atoms with Gasteiger partial charge in [0.2, 0.25) is 11.8 Å². The molecule has 0 bridgehead atoms. The number of anilines is 1. The van der Waals surface area contributed by atoms with E-state index in [1.807, 2.05) is 19.9 Å². The molecule has 0 saturated carbocycles. The molecular weight excluding hydrogens is 230 g/mol. The second kappa shape index (κ2) is 5.82. The first-order chi connectivity index (χ1) is 8.72. The minimum atomic E-state index is 0.000864. The summed E-state index contributed by atoms with van der Waals surface area (Å²) in [5.41, 5.74) is 0.642. The van der Waals surface area contributed by atoms with Crippen molar-refractivity contribution >= 4 is 11.6 Å². The Labute approximate surface area is 107 Å². The fraction of sp³-hybridized carbons (Fsp3) is 0.538. The van der Waals surface area contributed by atoms with E-state index < -0.39 is 0 Å². The molecule has 1 fully saturated rings. The molecule has 1 saturated heterocycles. The molecule has 98 valence electrons. The molecule has 5 nitrogen and oxygen atoms in total. The predicted octanol–water partition coefficient (Wildman–Crippen LogP) is 1.27. The Kier molecular flexibility index (Phi) is 4.15. The number of nitrogens with zero attached hydrogens (tertiary/aromatic N) is 1. The minimum absolute atomic E-state index is 0.000864. The molecule has 2 N–H and O–H groups in total. The van der Waals surface area contributed by atoms with Crippen LogP contribution in [0, 0.1) is 11.8 Å². The van der Waals surface area contributed by atoms with Crippen LogP contribution in [0.5, 0.6) is 5.88 Å². The van der Waals surface area contributed by atoms with Crippen LogP contribution >= 0.6 is 0 Å². The summed E-state index contributed by atoms with van der Waals surface area (Å²) in [7, 11) is 0. The highest BCUT2D eigenvalue weighted by Crippen LogP contribution is 2.23. The molecule has 2 heterocycles.